The molecule has 0 N–H and O–H groups in total. The van der Waals surface area contributed by atoms with E-state index < -0.39 is 23.1 Å². The standard InChI is InChI=1S/C8H2Br4O4.2Na/c9-3-1(7(13)14)2(8(15)16)4(10)6(12)5(3)11;;/h(H,13,14)(H,15,16);;/q;2*+1/p-2. The van der Waals surface area contributed by atoms with Crippen LogP contribution in [0.1, 0.15) is 20.7 Å². The molecule has 1 aromatic carbocycles. The number of halogens is 4. The van der Waals surface area contributed by atoms with Gasteiger partial charge in [-0.05, 0) is 63.7 Å². The van der Waals surface area contributed by atoms with Crippen LogP contribution in [0.25, 0.3) is 0 Å². The maximum atomic E-state index is 10.9. The van der Waals surface area contributed by atoms with Gasteiger partial charge in [-0.25, -0.2) is 0 Å². The van der Waals surface area contributed by atoms with Crippen LogP contribution in [0.4, 0.5) is 0 Å². The first kappa shape index (κ1) is 22.4. The van der Waals surface area contributed by atoms with Crippen LogP contribution < -0.4 is 69.3 Å². The first-order valence-electron chi connectivity index (χ1n) is 3.57. The molecule has 0 saturated carbocycles. The summed E-state index contributed by atoms with van der Waals surface area (Å²) >= 11 is 12.2. The average Bonchev–Trinajstić information content (AvgIpc) is 2.18. The Balaban J connectivity index is 0. The molecule has 0 aliphatic carbocycles. The second-order valence-corrected chi connectivity index (χ2v) is 5.75. The molecule has 0 aliphatic rings. The smallest absolute Gasteiger partial charge is 0.545 e. The van der Waals surface area contributed by atoms with Crippen molar-refractivity contribution in [1.29, 1.82) is 0 Å². The summed E-state index contributed by atoms with van der Waals surface area (Å²) in [6.45, 7) is 0. The van der Waals surface area contributed by atoms with Gasteiger partial charge in [0.25, 0.3) is 0 Å². The zero-order valence-electron chi connectivity index (χ0n) is 9.14. The Morgan fingerprint density at radius 2 is 0.889 bits per heavy atom. The van der Waals surface area contributed by atoms with E-state index in [9.17, 15) is 19.8 Å². The topological polar surface area (TPSA) is 80.3 Å². The molecular weight excluding hydrogens is 526 g/mol. The largest absolute Gasteiger partial charge is 1.00 e. The van der Waals surface area contributed by atoms with Crippen molar-refractivity contribution in [2.45, 2.75) is 0 Å². The molecule has 4 nitrogen and oxygen atoms in total. The second kappa shape index (κ2) is 9.17. The van der Waals surface area contributed by atoms with Gasteiger partial charge in [0.2, 0.25) is 0 Å². The van der Waals surface area contributed by atoms with Gasteiger partial charge in [0.05, 0.1) is 11.9 Å². The van der Waals surface area contributed by atoms with Crippen molar-refractivity contribution >= 4 is 75.7 Å². The third-order valence-corrected chi connectivity index (χ3v) is 6.44. The van der Waals surface area contributed by atoms with E-state index in [1.807, 2.05) is 0 Å². The van der Waals surface area contributed by atoms with Gasteiger partial charge < -0.3 is 19.8 Å². The van der Waals surface area contributed by atoms with Crippen molar-refractivity contribution in [3.8, 4) is 0 Å². The van der Waals surface area contributed by atoms with Gasteiger partial charge in [0.15, 0.2) is 0 Å². The molecule has 1 rings (SSSR count). The van der Waals surface area contributed by atoms with Crippen LogP contribution in [0.15, 0.2) is 17.9 Å². The molecule has 0 atom stereocenters. The van der Waals surface area contributed by atoms with E-state index in [4.69, 9.17) is 0 Å². The minimum Gasteiger partial charge on any atom is -0.545 e. The number of rotatable bonds is 2. The van der Waals surface area contributed by atoms with Crippen LogP contribution in [0.5, 0.6) is 0 Å². The number of carbonyl (C=O) groups excluding carboxylic acids is 2. The number of hydrogen-bond donors (Lipinski definition) is 0. The van der Waals surface area contributed by atoms with E-state index in [0.717, 1.165) is 0 Å². The molecule has 0 unspecified atom stereocenters. The maximum Gasteiger partial charge on any atom is 1.00 e. The number of aromatic carboxylic acids is 2. The Labute approximate surface area is 180 Å². The third kappa shape index (κ3) is 4.54. The first-order chi connectivity index (χ1) is 7.29. The molecule has 0 amide bonds. The Bertz CT molecular complexity index is 462. The monoisotopic (exact) mass is 522 g/mol. The zero-order chi connectivity index (χ0) is 12.6. The van der Waals surface area contributed by atoms with Crippen molar-refractivity contribution in [3.05, 3.63) is 29.0 Å². The molecule has 86 valence electrons. The van der Waals surface area contributed by atoms with Crippen LogP contribution in [-0.4, -0.2) is 11.9 Å². The van der Waals surface area contributed by atoms with Crippen molar-refractivity contribution < 1.29 is 78.9 Å². The zero-order valence-corrected chi connectivity index (χ0v) is 19.5. The molecule has 0 fully saturated rings. The predicted molar refractivity (Wildman–Crippen MR) is 65.9 cm³/mol. The number of carboxylic acid groups (broad SMARTS) is 2. The van der Waals surface area contributed by atoms with E-state index >= 15 is 0 Å². The molecule has 10 heteroatoms. The molecule has 0 aromatic heterocycles. The molecule has 0 radical (unpaired) electrons. The summed E-state index contributed by atoms with van der Waals surface area (Å²) in [4.78, 5) is 21.7. The molecule has 0 bridgehead atoms. The molecule has 0 aliphatic heterocycles. The average molecular weight is 526 g/mol. The molecular formula is C8Br4Na2O4. The fourth-order valence-electron chi connectivity index (χ4n) is 1.02. The maximum absolute atomic E-state index is 10.9. The van der Waals surface area contributed by atoms with E-state index in [2.05, 4.69) is 63.7 Å². The van der Waals surface area contributed by atoms with Crippen molar-refractivity contribution in [1.82, 2.24) is 0 Å². The van der Waals surface area contributed by atoms with E-state index in [1.165, 1.54) is 0 Å². The SMILES string of the molecule is O=C([O-])c1c(Br)c(Br)c(Br)c(Br)c1C(=O)[O-].[Na+].[Na+]. The van der Waals surface area contributed by atoms with Crippen molar-refractivity contribution in [2.24, 2.45) is 0 Å². The minimum absolute atomic E-state index is 0. The van der Waals surface area contributed by atoms with Gasteiger partial charge in [-0.15, -0.1) is 0 Å². The predicted octanol–water partition coefficient (Wildman–Crippen LogP) is -4.53. The fraction of sp³-hybridized carbons (Fsp3) is 0. The summed E-state index contributed by atoms with van der Waals surface area (Å²) in [5.74, 6) is -3.22. The Hall–Kier alpha value is 2.08. The van der Waals surface area contributed by atoms with Gasteiger partial charge in [-0.1, -0.05) is 0 Å². The van der Waals surface area contributed by atoms with Crippen molar-refractivity contribution in [2.75, 3.05) is 0 Å². The number of carboxylic acids is 2. The van der Waals surface area contributed by atoms with E-state index in [0.29, 0.717) is 8.95 Å². The fourth-order valence-corrected chi connectivity index (χ4v) is 3.46. The van der Waals surface area contributed by atoms with Gasteiger partial charge in [-0.3, -0.25) is 0 Å². The summed E-state index contributed by atoms with van der Waals surface area (Å²) in [5, 5.41) is 21.7. The minimum atomic E-state index is -1.61. The quantitative estimate of drug-likeness (QED) is 0.222. The summed E-state index contributed by atoms with van der Waals surface area (Å²) in [5.41, 5.74) is -0.969. The number of hydrogen-bond acceptors (Lipinski definition) is 4. The number of carbonyl (C=O) groups is 2. The summed E-state index contributed by atoms with van der Waals surface area (Å²) in [7, 11) is 0. The van der Waals surface area contributed by atoms with Crippen LogP contribution in [-0.2, 0) is 0 Å². The van der Waals surface area contributed by atoms with Gasteiger partial charge in [0.1, 0.15) is 0 Å². The molecule has 1 aromatic rings. The molecule has 0 spiro atoms. The Kier molecular flexibility index (Phi) is 11.4. The van der Waals surface area contributed by atoms with Crippen LogP contribution in [0.3, 0.4) is 0 Å². The van der Waals surface area contributed by atoms with E-state index in [1.54, 1.807) is 0 Å². The number of benzene rings is 1. The van der Waals surface area contributed by atoms with Crippen molar-refractivity contribution in [3.63, 3.8) is 0 Å². The summed E-state index contributed by atoms with van der Waals surface area (Å²) in [6.07, 6.45) is 0. The summed E-state index contributed by atoms with van der Waals surface area (Å²) < 4.78 is 0.871. The second-order valence-electron chi connectivity index (χ2n) is 2.58. The normalized spacial score (nSPS) is 9.11. The molecule has 0 saturated heterocycles. The van der Waals surface area contributed by atoms with Crippen LogP contribution in [0, 0.1) is 0 Å². The Morgan fingerprint density at radius 1 is 0.667 bits per heavy atom. The van der Waals surface area contributed by atoms with Crippen LogP contribution in [0.2, 0.25) is 0 Å². The summed E-state index contributed by atoms with van der Waals surface area (Å²) in [6, 6.07) is 0. The first-order valence-corrected chi connectivity index (χ1v) is 6.74. The Morgan fingerprint density at radius 3 is 1.06 bits per heavy atom. The molecule has 18 heavy (non-hydrogen) atoms. The van der Waals surface area contributed by atoms with Gasteiger partial charge >= 0.3 is 59.1 Å². The molecule has 0 heterocycles. The van der Waals surface area contributed by atoms with Crippen LogP contribution >= 0.6 is 63.7 Å². The van der Waals surface area contributed by atoms with Gasteiger partial charge in [-0.2, -0.15) is 0 Å². The van der Waals surface area contributed by atoms with E-state index in [-0.39, 0.29) is 68.1 Å². The third-order valence-electron chi connectivity index (χ3n) is 1.68. The van der Waals surface area contributed by atoms with Gasteiger partial charge in [0, 0.05) is 29.0 Å².